The smallest absolute Gasteiger partial charge is 0.508 e. The second-order valence-corrected chi connectivity index (χ2v) is 15.5. The number of hydrogen-bond acceptors (Lipinski definition) is 4. The van der Waals surface area contributed by atoms with Gasteiger partial charge in [0.1, 0.15) is 11.5 Å². The molecule has 4 nitrogen and oxygen atoms in total. The van der Waals surface area contributed by atoms with Gasteiger partial charge in [0.25, 0.3) is 0 Å². The molecule has 0 aromatic heterocycles. The Morgan fingerprint density at radius 2 is 1.29 bits per heavy atom. The molecule has 0 atom stereocenters. The van der Waals surface area contributed by atoms with E-state index < -0.39 is 11.4 Å². The number of carbonyl (C=O) groups is 2. The molecule has 2 aromatic rings. The van der Waals surface area contributed by atoms with Gasteiger partial charge in [0, 0.05) is 18.3 Å². The average molecular weight is 728 g/mol. The molecule has 0 unspecified atom stereocenters. The minimum absolute atomic E-state index is 0.0188. The molecule has 31 heavy (non-hydrogen) atoms. The van der Waals surface area contributed by atoms with Gasteiger partial charge in [-0.3, -0.25) is 9.59 Å². The molecule has 170 valence electrons. The van der Waals surface area contributed by atoms with Crippen molar-refractivity contribution in [3.8, 4) is 11.5 Å². The molecule has 0 heterocycles. The Balaban J connectivity index is 0.000000504. The number of phenolic OH excluding ortho intramolecular Hbond substituents is 1. The van der Waals surface area contributed by atoms with Crippen LogP contribution in [0, 0.1) is 21.0 Å². The quantitative estimate of drug-likeness (QED) is 0.199. The third-order valence-corrected chi connectivity index (χ3v) is 5.46. The van der Waals surface area contributed by atoms with Gasteiger partial charge in [-0.15, -0.1) is 0 Å². The van der Waals surface area contributed by atoms with E-state index in [1.54, 1.807) is 19.9 Å². The number of phenols is 1. The molecule has 0 radical (unpaired) electrons. The van der Waals surface area contributed by atoms with E-state index in [2.05, 4.69) is 45.2 Å². The molecule has 0 spiro atoms. The van der Waals surface area contributed by atoms with Gasteiger partial charge in [0.05, 0.1) is 6.10 Å². The van der Waals surface area contributed by atoms with Crippen LogP contribution in [0.1, 0.15) is 59.5 Å². The molecule has 0 amide bonds. The second kappa shape index (κ2) is 15.2. The Hall–Kier alpha value is 0.242. The minimum atomic E-state index is -1.72. The van der Waals surface area contributed by atoms with Crippen molar-refractivity contribution in [2.24, 2.45) is 0 Å². The number of aromatic hydroxyl groups is 1. The number of Topliss-reactive ketones (excluding diaryl/α,β-unsaturated/α-hetero) is 2. The number of halogens is 5. The summed E-state index contributed by atoms with van der Waals surface area (Å²) in [6.45, 7) is 10.8. The Morgan fingerprint density at radius 1 is 0.903 bits per heavy atom. The SMILES string of the molecule is CC(=O)c1cc(O)c(C)cc1I.CC(=O)c1cc(OC(C)C)c(C)cc1I.[Cl][Al]([Cl])[Cl]. The van der Waals surface area contributed by atoms with E-state index in [0.29, 0.717) is 5.56 Å². The average Bonchev–Trinajstić information content (AvgIpc) is 2.59. The van der Waals surface area contributed by atoms with Crippen molar-refractivity contribution >= 4 is 98.3 Å². The van der Waals surface area contributed by atoms with Crippen molar-refractivity contribution < 1.29 is 19.4 Å². The molecule has 2 aromatic carbocycles. The van der Waals surface area contributed by atoms with E-state index in [4.69, 9.17) is 34.9 Å². The summed E-state index contributed by atoms with van der Waals surface area (Å²) >= 11 is 2.54. The molecular formula is C21H24AlCl3I2O4. The first-order chi connectivity index (χ1) is 14.2. The summed E-state index contributed by atoms with van der Waals surface area (Å²) in [4.78, 5) is 22.4. The lowest BCUT2D eigenvalue weighted by molar-refractivity contribution is 0.100. The molecule has 0 aliphatic carbocycles. The monoisotopic (exact) mass is 726 g/mol. The number of benzene rings is 2. The van der Waals surface area contributed by atoms with Crippen molar-refractivity contribution in [1.29, 1.82) is 0 Å². The Kier molecular flexibility index (Phi) is 15.3. The van der Waals surface area contributed by atoms with E-state index in [1.165, 1.54) is 13.0 Å². The lowest BCUT2D eigenvalue weighted by atomic mass is 10.1. The first-order valence-electron chi connectivity index (χ1n) is 9.07. The third-order valence-electron chi connectivity index (χ3n) is 3.67. The minimum Gasteiger partial charge on any atom is -0.508 e. The highest BCUT2D eigenvalue weighted by molar-refractivity contribution is 14.1. The van der Waals surface area contributed by atoms with Crippen LogP contribution in [0.3, 0.4) is 0 Å². The normalized spacial score (nSPS) is 9.81. The molecule has 1 N–H and O–H groups in total. The van der Waals surface area contributed by atoms with Crippen molar-refractivity contribution in [2.45, 2.75) is 47.6 Å². The van der Waals surface area contributed by atoms with Crippen LogP contribution in [-0.4, -0.2) is 34.2 Å². The number of ether oxygens (including phenoxy) is 1. The van der Waals surface area contributed by atoms with E-state index in [0.717, 1.165) is 29.6 Å². The number of aryl methyl sites for hydroxylation is 2. The number of hydrogen-bond donors (Lipinski definition) is 1. The van der Waals surface area contributed by atoms with Crippen LogP contribution in [-0.2, 0) is 0 Å². The largest absolute Gasteiger partial charge is 0.643 e. The topological polar surface area (TPSA) is 63.6 Å². The first-order valence-corrected chi connectivity index (χ1v) is 16.5. The highest BCUT2D eigenvalue weighted by atomic mass is 127. The summed E-state index contributed by atoms with van der Waals surface area (Å²) in [6, 6.07) is 7.13. The van der Waals surface area contributed by atoms with Crippen LogP contribution in [0.15, 0.2) is 24.3 Å². The zero-order chi connectivity index (χ0) is 24.5. The maximum atomic E-state index is 11.4. The molecule has 0 saturated heterocycles. The van der Waals surface area contributed by atoms with E-state index in [1.807, 2.05) is 32.9 Å². The maximum Gasteiger partial charge on any atom is 0.643 e. The lowest BCUT2D eigenvalue weighted by Crippen LogP contribution is -2.08. The van der Waals surface area contributed by atoms with Gasteiger partial charge in [-0.25, -0.2) is 30.1 Å². The van der Waals surface area contributed by atoms with E-state index in [-0.39, 0.29) is 23.4 Å². The number of carbonyl (C=O) groups excluding carboxylic acids is 2. The fourth-order valence-electron chi connectivity index (χ4n) is 2.23. The lowest BCUT2D eigenvalue weighted by Gasteiger charge is -2.14. The number of rotatable bonds is 4. The number of ketones is 2. The van der Waals surface area contributed by atoms with Gasteiger partial charge in [-0.2, -0.15) is 0 Å². The van der Waals surface area contributed by atoms with Gasteiger partial charge < -0.3 is 9.84 Å². The first kappa shape index (κ1) is 31.2. The fraction of sp³-hybridized carbons (Fsp3) is 0.333. The van der Waals surface area contributed by atoms with Gasteiger partial charge >= 0.3 is 11.4 Å². The van der Waals surface area contributed by atoms with Crippen LogP contribution in [0.4, 0.5) is 0 Å². The summed E-state index contributed by atoms with van der Waals surface area (Å²) in [5.74, 6) is 1.04. The van der Waals surface area contributed by atoms with Crippen LogP contribution in [0.2, 0.25) is 0 Å². The molecule has 0 bridgehead atoms. The van der Waals surface area contributed by atoms with Gasteiger partial charge in [-0.1, -0.05) is 0 Å². The summed E-state index contributed by atoms with van der Waals surface area (Å²) in [5, 5.41) is 9.32. The van der Waals surface area contributed by atoms with Gasteiger partial charge in [0.15, 0.2) is 11.6 Å². The second-order valence-electron chi connectivity index (χ2n) is 6.74. The summed E-state index contributed by atoms with van der Waals surface area (Å²) in [7, 11) is 14.8. The predicted molar refractivity (Wildman–Crippen MR) is 149 cm³/mol. The predicted octanol–water partition coefficient (Wildman–Crippen LogP) is 7.78. The summed E-state index contributed by atoms with van der Waals surface area (Å²) in [6.07, 6.45) is 0.128. The van der Waals surface area contributed by atoms with E-state index in [9.17, 15) is 14.7 Å². The molecule has 0 fully saturated rings. The highest BCUT2D eigenvalue weighted by Gasteiger charge is 2.11. The van der Waals surface area contributed by atoms with Gasteiger partial charge in [0.2, 0.25) is 0 Å². The van der Waals surface area contributed by atoms with Crippen LogP contribution in [0.25, 0.3) is 0 Å². The zero-order valence-corrected chi connectivity index (χ0v) is 25.8. The fourth-order valence-corrected chi connectivity index (χ4v) is 4.24. The van der Waals surface area contributed by atoms with Crippen molar-refractivity contribution in [2.75, 3.05) is 0 Å². The van der Waals surface area contributed by atoms with E-state index >= 15 is 0 Å². The summed E-state index contributed by atoms with van der Waals surface area (Å²) in [5.41, 5.74) is 3.18. The maximum absolute atomic E-state index is 11.4. The Bertz CT molecular complexity index is 919. The van der Waals surface area contributed by atoms with Crippen molar-refractivity contribution in [3.05, 3.63) is 53.7 Å². The standard InChI is InChI=1S/C12H15IO2.C9H9IO2.Al.3ClH/c1-7(2)15-12-6-10(9(4)14)11(13)5-8(12)3;1-5-3-8(10)7(6(2)11)4-9(5)12;;;;/h5-7H,1-4H3;3-4,12H,1-2H3;;3*1H/q;;+3;;;/p-3. The molecule has 0 aliphatic rings. The van der Waals surface area contributed by atoms with Crippen molar-refractivity contribution in [3.63, 3.8) is 0 Å². The van der Waals surface area contributed by atoms with Crippen LogP contribution < -0.4 is 4.74 Å². The molecule has 0 saturated carbocycles. The Labute approximate surface area is 228 Å². The van der Waals surface area contributed by atoms with Crippen LogP contribution >= 0.6 is 75.3 Å². The molecule has 10 heteroatoms. The van der Waals surface area contributed by atoms with Crippen molar-refractivity contribution in [1.82, 2.24) is 0 Å². The Morgan fingerprint density at radius 3 is 1.68 bits per heavy atom. The van der Waals surface area contributed by atoms with Crippen LogP contribution in [0.5, 0.6) is 11.5 Å². The van der Waals surface area contributed by atoms with Gasteiger partial charge in [-0.05, 0) is 122 Å². The molecule has 0 aliphatic heterocycles. The third kappa shape index (κ3) is 12.3. The highest BCUT2D eigenvalue weighted by Crippen LogP contribution is 2.26. The zero-order valence-electron chi connectivity index (χ0n) is 18.0. The molecular weight excluding hydrogens is 703 g/mol. The molecule has 2 rings (SSSR count). The summed E-state index contributed by atoms with van der Waals surface area (Å²) < 4.78 is 7.50.